The van der Waals surface area contributed by atoms with Gasteiger partial charge in [-0.15, -0.1) is 12.4 Å². The summed E-state index contributed by atoms with van der Waals surface area (Å²) in [6, 6.07) is -0.876. The summed E-state index contributed by atoms with van der Waals surface area (Å²) in [5, 5.41) is 27.9. The molecule has 0 aliphatic heterocycles. The first kappa shape index (κ1) is 18.2. The van der Waals surface area contributed by atoms with Gasteiger partial charge in [0.1, 0.15) is 23.3 Å². The maximum Gasteiger partial charge on any atom is 0.379 e. The second kappa shape index (κ2) is 6.58. The number of esters is 1. The Morgan fingerprint density at radius 2 is 1.80 bits per heavy atom. The highest BCUT2D eigenvalue weighted by Gasteiger charge is 2.49. The van der Waals surface area contributed by atoms with Crippen molar-refractivity contribution in [3.63, 3.8) is 0 Å². The lowest BCUT2D eigenvalue weighted by Crippen LogP contribution is -2.41. The summed E-state index contributed by atoms with van der Waals surface area (Å²) < 4.78 is 31.5. The molecule has 0 amide bonds. The maximum absolute atomic E-state index is 13.7. The van der Waals surface area contributed by atoms with Crippen LogP contribution >= 0.6 is 12.4 Å². The molecule has 0 aliphatic carbocycles. The summed E-state index contributed by atoms with van der Waals surface area (Å²) in [4.78, 5) is 11.1. The van der Waals surface area contributed by atoms with E-state index in [9.17, 15) is 23.8 Å². The second-order valence-electron chi connectivity index (χ2n) is 3.72. The minimum atomic E-state index is -4.14. The number of rotatable bonds is 4. The SMILES string of the molecule is CCOC(=O)C(F)(F)[C@H](N)c1c(O)cc(O)cc1O.Cl. The van der Waals surface area contributed by atoms with E-state index in [0.717, 1.165) is 12.1 Å². The molecule has 0 unspecified atom stereocenters. The normalized spacial score (nSPS) is 12.4. The molecule has 0 heterocycles. The first-order chi connectivity index (χ1) is 8.71. The fourth-order valence-corrected chi connectivity index (χ4v) is 1.46. The summed E-state index contributed by atoms with van der Waals surface area (Å²) in [6.45, 7) is 1.07. The molecule has 1 atom stereocenters. The number of hydrogen-bond donors (Lipinski definition) is 4. The van der Waals surface area contributed by atoms with Crippen LogP contribution in [0, 0.1) is 0 Å². The Bertz CT molecular complexity index is 475. The average Bonchev–Trinajstić information content (AvgIpc) is 2.27. The largest absolute Gasteiger partial charge is 0.508 e. The summed E-state index contributed by atoms with van der Waals surface area (Å²) >= 11 is 0. The van der Waals surface area contributed by atoms with Crippen molar-refractivity contribution in [2.75, 3.05) is 6.61 Å². The van der Waals surface area contributed by atoms with E-state index in [2.05, 4.69) is 4.74 Å². The van der Waals surface area contributed by atoms with E-state index in [1.165, 1.54) is 6.92 Å². The molecule has 6 nitrogen and oxygen atoms in total. The van der Waals surface area contributed by atoms with Crippen molar-refractivity contribution in [2.45, 2.75) is 18.9 Å². The van der Waals surface area contributed by atoms with Crippen molar-refractivity contribution in [1.82, 2.24) is 0 Å². The Labute approximate surface area is 119 Å². The van der Waals surface area contributed by atoms with Crippen LogP contribution in [0.3, 0.4) is 0 Å². The number of ether oxygens (including phenoxy) is 1. The highest BCUT2D eigenvalue weighted by molar-refractivity contribution is 5.85. The van der Waals surface area contributed by atoms with Crippen molar-refractivity contribution in [3.8, 4) is 17.2 Å². The molecule has 1 aromatic carbocycles. The van der Waals surface area contributed by atoms with Crippen molar-refractivity contribution < 1.29 is 33.6 Å². The molecule has 0 spiro atoms. The zero-order valence-corrected chi connectivity index (χ0v) is 11.2. The summed E-state index contributed by atoms with van der Waals surface area (Å²) in [7, 11) is 0. The third-order valence-corrected chi connectivity index (χ3v) is 2.37. The minimum absolute atomic E-state index is 0. The number of nitrogens with two attached hydrogens (primary N) is 1. The molecule has 0 bridgehead atoms. The van der Waals surface area contributed by atoms with Gasteiger partial charge < -0.3 is 25.8 Å². The Morgan fingerprint density at radius 1 is 1.35 bits per heavy atom. The summed E-state index contributed by atoms with van der Waals surface area (Å²) in [6.07, 6.45) is 0. The number of alkyl halides is 2. The predicted molar refractivity (Wildman–Crippen MR) is 67.2 cm³/mol. The predicted octanol–water partition coefficient (Wildman–Crippen LogP) is 1.42. The Balaban J connectivity index is 0.00000361. The van der Waals surface area contributed by atoms with E-state index < -0.39 is 40.7 Å². The number of hydrogen-bond acceptors (Lipinski definition) is 6. The molecule has 1 rings (SSSR count). The molecule has 1 aromatic rings. The van der Waals surface area contributed by atoms with Crippen molar-refractivity contribution in [1.29, 1.82) is 0 Å². The van der Waals surface area contributed by atoms with Gasteiger partial charge in [0.05, 0.1) is 12.2 Å². The van der Waals surface area contributed by atoms with E-state index in [-0.39, 0.29) is 19.0 Å². The lowest BCUT2D eigenvalue weighted by atomic mass is 9.99. The number of carbonyl (C=O) groups excluding carboxylic acids is 1. The highest BCUT2D eigenvalue weighted by Crippen LogP contribution is 2.41. The number of carbonyl (C=O) groups is 1. The fraction of sp³-hybridized carbons (Fsp3) is 0.364. The molecule has 0 aromatic heterocycles. The van der Waals surface area contributed by atoms with Crippen LogP contribution in [0.2, 0.25) is 0 Å². The quantitative estimate of drug-likeness (QED) is 0.625. The number of benzene rings is 1. The molecule has 0 saturated heterocycles. The highest BCUT2D eigenvalue weighted by atomic mass is 35.5. The Kier molecular flexibility index (Phi) is 5.98. The molecular formula is C11H14ClF2NO5. The first-order valence-electron chi connectivity index (χ1n) is 5.27. The van der Waals surface area contributed by atoms with Crippen LogP contribution in [0.15, 0.2) is 12.1 Å². The van der Waals surface area contributed by atoms with E-state index in [1.54, 1.807) is 0 Å². The zero-order chi connectivity index (χ0) is 14.8. The van der Waals surface area contributed by atoms with Gasteiger partial charge in [-0.3, -0.25) is 0 Å². The average molecular weight is 314 g/mol. The van der Waals surface area contributed by atoms with E-state index >= 15 is 0 Å². The third-order valence-electron chi connectivity index (χ3n) is 2.37. The standard InChI is InChI=1S/C11H13F2NO5.ClH/c1-2-19-10(18)11(12,13)9(14)8-6(16)3-5(15)4-7(8)17;/h3-4,9,15-17H,2,14H2,1H3;1H/t9-;/m1./s1. The Hall–Kier alpha value is -1.80. The maximum atomic E-state index is 13.7. The molecule has 0 aliphatic rings. The number of aromatic hydroxyl groups is 3. The van der Waals surface area contributed by atoms with Crippen LogP contribution in [0.1, 0.15) is 18.5 Å². The van der Waals surface area contributed by atoms with Gasteiger partial charge in [0.2, 0.25) is 0 Å². The number of halogens is 3. The molecule has 0 fully saturated rings. The summed E-state index contributed by atoms with van der Waals surface area (Å²) in [5.74, 6) is -8.25. The van der Waals surface area contributed by atoms with Crippen LogP contribution < -0.4 is 5.73 Å². The Morgan fingerprint density at radius 3 is 2.20 bits per heavy atom. The van der Waals surface area contributed by atoms with E-state index in [4.69, 9.17) is 10.8 Å². The van der Waals surface area contributed by atoms with Gasteiger partial charge in [0.15, 0.2) is 0 Å². The molecule has 0 radical (unpaired) electrons. The van der Waals surface area contributed by atoms with Gasteiger partial charge in [0.25, 0.3) is 0 Å². The van der Waals surface area contributed by atoms with Crippen molar-refractivity contribution in [2.24, 2.45) is 5.73 Å². The fourth-order valence-electron chi connectivity index (χ4n) is 1.46. The van der Waals surface area contributed by atoms with Gasteiger partial charge in [-0.1, -0.05) is 0 Å². The lowest BCUT2D eigenvalue weighted by molar-refractivity contribution is -0.174. The third kappa shape index (κ3) is 3.40. The lowest BCUT2D eigenvalue weighted by Gasteiger charge is -2.23. The molecule has 0 saturated carbocycles. The van der Waals surface area contributed by atoms with Crippen LogP contribution in [0.4, 0.5) is 8.78 Å². The van der Waals surface area contributed by atoms with Gasteiger partial charge in [-0.25, -0.2) is 4.79 Å². The van der Waals surface area contributed by atoms with Gasteiger partial charge in [-0.05, 0) is 6.92 Å². The topological polar surface area (TPSA) is 113 Å². The monoisotopic (exact) mass is 313 g/mol. The van der Waals surface area contributed by atoms with Crippen LogP contribution in [-0.4, -0.2) is 33.8 Å². The van der Waals surface area contributed by atoms with Crippen LogP contribution in [0.5, 0.6) is 17.2 Å². The second-order valence-corrected chi connectivity index (χ2v) is 3.72. The minimum Gasteiger partial charge on any atom is -0.508 e. The summed E-state index contributed by atoms with van der Waals surface area (Å²) in [5.41, 5.74) is 4.45. The van der Waals surface area contributed by atoms with Gasteiger partial charge in [-0.2, -0.15) is 8.78 Å². The number of phenolic OH excluding ortho intramolecular Hbond substituents is 3. The van der Waals surface area contributed by atoms with Crippen molar-refractivity contribution in [3.05, 3.63) is 17.7 Å². The molecule has 114 valence electrons. The van der Waals surface area contributed by atoms with Crippen molar-refractivity contribution >= 4 is 18.4 Å². The van der Waals surface area contributed by atoms with E-state index in [0.29, 0.717) is 0 Å². The van der Waals surface area contributed by atoms with Gasteiger partial charge in [0, 0.05) is 12.1 Å². The molecule has 20 heavy (non-hydrogen) atoms. The van der Waals surface area contributed by atoms with Crippen LogP contribution in [0.25, 0.3) is 0 Å². The molecule has 5 N–H and O–H groups in total. The molecular weight excluding hydrogens is 300 g/mol. The molecule has 9 heteroatoms. The van der Waals surface area contributed by atoms with E-state index in [1.807, 2.05) is 0 Å². The zero-order valence-electron chi connectivity index (χ0n) is 10.3. The number of phenols is 3. The van der Waals surface area contributed by atoms with Crippen LogP contribution in [-0.2, 0) is 9.53 Å². The van der Waals surface area contributed by atoms with Gasteiger partial charge >= 0.3 is 11.9 Å². The first-order valence-corrected chi connectivity index (χ1v) is 5.27. The smallest absolute Gasteiger partial charge is 0.379 e.